The van der Waals surface area contributed by atoms with Crippen molar-refractivity contribution in [1.29, 1.82) is 0 Å². The molecule has 0 aromatic heterocycles. The van der Waals surface area contributed by atoms with Crippen LogP contribution >= 0.6 is 0 Å². The van der Waals surface area contributed by atoms with Gasteiger partial charge >= 0.3 is 0 Å². The highest BCUT2D eigenvalue weighted by Crippen LogP contribution is 2.36. The van der Waals surface area contributed by atoms with Gasteiger partial charge in [0.25, 0.3) is 0 Å². The van der Waals surface area contributed by atoms with Gasteiger partial charge in [-0.1, -0.05) is 61.9 Å². The lowest BCUT2D eigenvalue weighted by Gasteiger charge is -2.27. The molecular formula is C29H28F4O2. The minimum absolute atomic E-state index is 0.0379. The number of epoxide rings is 1. The summed E-state index contributed by atoms with van der Waals surface area (Å²) in [5.74, 6) is -2.99. The molecule has 0 spiro atoms. The van der Waals surface area contributed by atoms with Crippen LogP contribution < -0.4 is 0 Å². The van der Waals surface area contributed by atoms with Gasteiger partial charge in [0.05, 0.1) is 19.3 Å². The Bertz CT molecular complexity index is 1200. The molecule has 5 rings (SSSR count). The van der Waals surface area contributed by atoms with E-state index in [-0.39, 0.29) is 41.1 Å². The summed E-state index contributed by atoms with van der Waals surface area (Å²) >= 11 is 0. The number of benzene rings is 3. The van der Waals surface area contributed by atoms with E-state index in [1.807, 2.05) is 0 Å². The van der Waals surface area contributed by atoms with Gasteiger partial charge in [0.15, 0.2) is 23.3 Å². The van der Waals surface area contributed by atoms with Crippen LogP contribution in [0.1, 0.15) is 56.3 Å². The molecule has 1 aliphatic carbocycles. The normalized spacial score (nSPS) is 21.8. The van der Waals surface area contributed by atoms with E-state index in [4.69, 9.17) is 9.47 Å². The van der Waals surface area contributed by atoms with Gasteiger partial charge in [-0.15, -0.1) is 0 Å². The SMILES string of the molecule is CCC1CCC(OCc2ccc(-c3ccc(-c4ccc(C5CO5)c(F)c4F)cc3)c(F)c2F)CC1. The highest BCUT2D eigenvalue weighted by molar-refractivity contribution is 5.71. The minimum atomic E-state index is -0.949. The van der Waals surface area contributed by atoms with Crippen LogP contribution in [0.25, 0.3) is 22.3 Å². The van der Waals surface area contributed by atoms with E-state index < -0.39 is 23.3 Å². The quantitative estimate of drug-likeness (QED) is 0.249. The molecule has 2 nitrogen and oxygen atoms in total. The zero-order valence-electron chi connectivity index (χ0n) is 19.6. The molecule has 184 valence electrons. The van der Waals surface area contributed by atoms with E-state index in [1.165, 1.54) is 24.6 Å². The van der Waals surface area contributed by atoms with Gasteiger partial charge in [0.1, 0.15) is 6.10 Å². The molecule has 0 N–H and O–H groups in total. The summed E-state index contributed by atoms with van der Waals surface area (Å²) in [5, 5.41) is 0. The van der Waals surface area contributed by atoms with Crippen LogP contribution in [0.2, 0.25) is 0 Å². The molecule has 1 saturated carbocycles. The summed E-state index contributed by atoms with van der Waals surface area (Å²) in [6, 6.07) is 12.4. The molecule has 0 bridgehead atoms. The van der Waals surface area contributed by atoms with Crippen molar-refractivity contribution >= 4 is 0 Å². The molecule has 3 aromatic carbocycles. The fourth-order valence-corrected chi connectivity index (χ4v) is 4.93. The van der Waals surface area contributed by atoms with Gasteiger partial charge in [0.2, 0.25) is 0 Å². The zero-order chi connectivity index (χ0) is 24.5. The van der Waals surface area contributed by atoms with Crippen molar-refractivity contribution in [2.24, 2.45) is 5.92 Å². The van der Waals surface area contributed by atoms with Gasteiger partial charge in [0, 0.05) is 22.3 Å². The second-order valence-electron chi connectivity index (χ2n) is 9.49. The molecule has 1 aliphatic heterocycles. The van der Waals surface area contributed by atoms with Crippen LogP contribution in [0.3, 0.4) is 0 Å². The Kier molecular flexibility index (Phi) is 6.94. The predicted molar refractivity (Wildman–Crippen MR) is 127 cm³/mol. The van der Waals surface area contributed by atoms with Crippen molar-refractivity contribution < 1.29 is 27.0 Å². The molecule has 1 heterocycles. The molecular weight excluding hydrogens is 456 g/mol. The molecule has 3 aromatic rings. The molecule has 2 aliphatic rings. The summed E-state index contributed by atoms with van der Waals surface area (Å²) in [4.78, 5) is 0. The fourth-order valence-electron chi connectivity index (χ4n) is 4.93. The molecule has 2 fully saturated rings. The average molecular weight is 485 g/mol. The van der Waals surface area contributed by atoms with Crippen LogP contribution in [0, 0.1) is 29.2 Å². The molecule has 1 unspecified atom stereocenters. The van der Waals surface area contributed by atoms with Gasteiger partial charge < -0.3 is 9.47 Å². The molecule has 1 atom stereocenters. The number of ether oxygens (including phenoxy) is 2. The molecule has 6 heteroatoms. The third-order valence-electron chi connectivity index (χ3n) is 7.31. The van der Waals surface area contributed by atoms with Crippen molar-refractivity contribution in [3.63, 3.8) is 0 Å². The molecule has 35 heavy (non-hydrogen) atoms. The lowest BCUT2D eigenvalue weighted by molar-refractivity contribution is 0.00547. The standard InChI is InChI=1S/C29H28F4O2/c1-2-17-3-10-21(11-4-17)34-15-20-9-12-22(27(31)26(20)30)18-5-7-19(8-6-18)23-13-14-24(25-16-35-25)29(33)28(23)32/h5-9,12-14,17,21,25H,2-4,10-11,15-16H2,1H3. The largest absolute Gasteiger partial charge is 0.373 e. The topological polar surface area (TPSA) is 21.8 Å². The van der Waals surface area contributed by atoms with Crippen molar-refractivity contribution in [1.82, 2.24) is 0 Å². The first-order valence-electron chi connectivity index (χ1n) is 12.2. The second-order valence-corrected chi connectivity index (χ2v) is 9.49. The summed E-state index contributed by atoms with van der Waals surface area (Å²) in [6.07, 6.45) is 5.00. The number of hydrogen-bond acceptors (Lipinski definition) is 2. The van der Waals surface area contributed by atoms with Gasteiger partial charge in [-0.05, 0) is 42.7 Å². The maximum atomic E-state index is 14.9. The Labute approximate surface area is 202 Å². The molecule has 0 amide bonds. The van der Waals surface area contributed by atoms with Gasteiger partial charge in [-0.25, -0.2) is 17.6 Å². The van der Waals surface area contributed by atoms with E-state index in [0.29, 0.717) is 17.7 Å². The Balaban J connectivity index is 1.30. The van der Waals surface area contributed by atoms with Crippen molar-refractivity contribution in [2.75, 3.05) is 6.61 Å². The Morgan fingerprint density at radius 2 is 1.31 bits per heavy atom. The highest BCUT2D eigenvalue weighted by Gasteiger charge is 2.30. The molecule has 0 radical (unpaired) electrons. The first-order chi connectivity index (χ1) is 17.0. The van der Waals surface area contributed by atoms with Crippen LogP contribution in [-0.2, 0) is 16.1 Å². The van der Waals surface area contributed by atoms with Gasteiger partial charge in [-0.2, -0.15) is 0 Å². The first-order valence-corrected chi connectivity index (χ1v) is 12.2. The van der Waals surface area contributed by atoms with E-state index in [1.54, 1.807) is 30.3 Å². The summed E-state index contributed by atoms with van der Waals surface area (Å²) < 4.78 is 69.6. The number of halogens is 4. The summed E-state index contributed by atoms with van der Waals surface area (Å²) in [6.45, 7) is 2.62. The van der Waals surface area contributed by atoms with E-state index >= 15 is 0 Å². The minimum Gasteiger partial charge on any atom is -0.373 e. The summed E-state index contributed by atoms with van der Waals surface area (Å²) in [5.41, 5.74) is 1.49. The Morgan fingerprint density at radius 1 is 0.743 bits per heavy atom. The Hall–Kier alpha value is -2.70. The molecule has 1 saturated heterocycles. The highest BCUT2D eigenvalue weighted by atomic mass is 19.2. The van der Waals surface area contributed by atoms with Crippen LogP contribution in [0.5, 0.6) is 0 Å². The first kappa shape index (κ1) is 24.0. The Morgan fingerprint density at radius 3 is 1.89 bits per heavy atom. The third kappa shape index (κ3) is 5.00. The van der Waals surface area contributed by atoms with Crippen LogP contribution in [-0.4, -0.2) is 12.7 Å². The van der Waals surface area contributed by atoms with Crippen molar-refractivity contribution in [3.05, 3.63) is 82.9 Å². The number of rotatable bonds is 7. The van der Waals surface area contributed by atoms with Crippen LogP contribution in [0.15, 0.2) is 48.5 Å². The van der Waals surface area contributed by atoms with Gasteiger partial charge in [-0.3, -0.25) is 0 Å². The third-order valence-corrected chi connectivity index (χ3v) is 7.31. The number of hydrogen-bond donors (Lipinski definition) is 0. The van der Waals surface area contributed by atoms with E-state index in [9.17, 15) is 17.6 Å². The lowest BCUT2D eigenvalue weighted by atomic mass is 9.86. The monoisotopic (exact) mass is 484 g/mol. The van der Waals surface area contributed by atoms with E-state index in [0.717, 1.165) is 31.6 Å². The van der Waals surface area contributed by atoms with Crippen molar-refractivity contribution in [2.45, 2.75) is 57.8 Å². The summed E-state index contributed by atoms with van der Waals surface area (Å²) in [7, 11) is 0. The predicted octanol–water partition coefficient (Wildman–Crippen LogP) is 8.13. The maximum Gasteiger partial charge on any atom is 0.167 e. The zero-order valence-corrected chi connectivity index (χ0v) is 19.6. The smallest absolute Gasteiger partial charge is 0.167 e. The van der Waals surface area contributed by atoms with Crippen molar-refractivity contribution in [3.8, 4) is 22.3 Å². The lowest BCUT2D eigenvalue weighted by Crippen LogP contribution is -2.21. The second kappa shape index (κ2) is 10.1. The maximum absolute atomic E-state index is 14.9. The van der Waals surface area contributed by atoms with Crippen LogP contribution in [0.4, 0.5) is 17.6 Å². The fraction of sp³-hybridized carbons (Fsp3) is 0.379. The van der Waals surface area contributed by atoms with E-state index in [2.05, 4.69) is 6.92 Å². The average Bonchev–Trinajstić information content (AvgIpc) is 3.72.